The van der Waals surface area contributed by atoms with Gasteiger partial charge in [-0.15, -0.1) is 0 Å². The van der Waals surface area contributed by atoms with Crippen molar-refractivity contribution < 1.29 is 9.59 Å². The second kappa shape index (κ2) is 4.91. The molecule has 2 amide bonds. The van der Waals surface area contributed by atoms with E-state index in [2.05, 4.69) is 10.4 Å². The zero-order valence-corrected chi connectivity index (χ0v) is 11.4. The topological polar surface area (TPSA) is 93.2 Å². The molecule has 1 unspecified atom stereocenters. The SMILES string of the molecule is CCc1nn(C)c(N2CC(=O)NC(=O)C2CC)c1N. The fraction of sp³-hybridized carbons (Fsp3) is 0.583. The number of amides is 2. The lowest BCUT2D eigenvalue weighted by Crippen LogP contribution is -2.58. The molecule has 2 rings (SSSR count). The molecule has 0 bridgehead atoms. The van der Waals surface area contributed by atoms with Crippen LogP contribution in [0, 0.1) is 0 Å². The Morgan fingerprint density at radius 2 is 2.11 bits per heavy atom. The van der Waals surface area contributed by atoms with Gasteiger partial charge >= 0.3 is 0 Å². The van der Waals surface area contributed by atoms with Crippen molar-refractivity contribution in [3.8, 4) is 0 Å². The molecule has 1 aliphatic heterocycles. The van der Waals surface area contributed by atoms with Gasteiger partial charge in [-0.3, -0.25) is 19.6 Å². The number of aryl methyl sites for hydroxylation is 2. The van der Waals surface area contributed by atoms with Gasteiger partial charge in [0.25, 0.3) is 0 Å². The molecule has 7 nitrogen and oxygen atoms in total. The first-order chi connectivity index (χ1) is 8.99. The molecule has 19 heavy (non-hydrogen) atoms. The maximum Gasteiger partial charge on any atom is 0.249 e. The highest BCUT2D eigenvalue weighted by atomic mass is 16.2. The highest BCUT2D eigenvalue weighted by Gasteiger charge is 2.35. The number of nitrogens with one attached hydrogen (secondary N) is 1. The van der Waals surface area contributed by atoms with Gasteiger partial charge in [0.2, 0.25) is 11.8 Å². The number of hydrogen-bond donors (Lipinski definition) is 2. The van der Waals surface area contributed by atoms with E-state index in [1.54, 1.807) is 16.6 Å². The summed E-state index contributed by atoms with van der Waals surface area (Å²) in [6, 6.07) is -0.389. The molecule has 1 fully saturated rings. The number of hydrogen-bond acceptors (Lipinski definition) is 5. The Hall–Kier alpha value is -2.05. The first kappa shape index (κ1) is 13.4. The molecule has 3 N–H and O–H groups in total. The summed E-state index contributed by atoms with van der Waals surface area (Å²) in [5.41, 5.74) is 7.42. The van der Waals surface area contributed by atoms with Crippen molar-refractivity contribution >= 4 is 23.3 Å². The van der Waals surface area contributed by atoms with Crippen molar-refractivity contribution in [2.24, 2.45) is 7.05 Å². The number of carbonyl (C=O) groups excluding carboxylic acids is 2. The van der Waals surface area contributed by atoms with Crippen LogP contribution in [-0.4, -0.2) is 34.2 Å². The van der Waals surface area contributed by atoms with Gasteiger partial charge in [-0.1, -0.05) is 13.8 Å². The van der Waals surface area contributed by atoms with E-state index in [1.807, 2.05) is 13.8 Å². The van der Waals surface area contributed by atoms with Crippen LogP contribution < -0.4 is 16.0 Å². The van der Waals surface area contributed by atoms with Gasteiger partial charge in [0.05, 0.1) is 17.9 Å². The van der Waals surface area contributed by atoms with Crippen LogP contribution in [0.15, 0.2) is 0 Å². The van der Waals surface area contributed by atoms with E-state index < -0.39 is 0 Å². The number of nitrogens with two attached hydrogens (primary N) is 1. The quantitative estimate of drug-likeness (QED) is 0.739. The largest absolute Gasteiger partial charge is 0.394 e. The van der Waals surface area contributed by atoms with Crippen molar-refractivity contribution in [1.82, 2.24) is 15.1 Å². The molecule has 1 aromatic rings. The highest BCUT2D eigenvalue weighted by Crippen LogP contribution is 2.29. The van der Waals surface area contributed by atoms with Crippen LogP contribution in [0.2, 0.25) is 0 Å². The maximum atomic E-state index is 11.9. The van der Waals surface area contributed by atoms with Crippen molar-refractivity contribution in [3.63, 3.8) is 0 Å². The third-order valence-corrected chi connectivity index (χ3v) is 3.38. The molecule has 0 spiro atoms. The van der Waals surface area contributed by atoms with Crippen LogP contribution in [0.5, 0.6) is 0 Å². The zero-order chi connectivity index (χ0) is 14.2. The molecular weight excluding hydrogens is 246 g/mol. The van der Waals surface area contributed by atoms with Gasteiger partial charge in [-0.05, 0) is 12.8 Å². The van der Waals surface area contributed by atoms with Crippen LogP contribution in [0.1, 0.15) is 26.0 Å². The molecule has 1 aromatic heterocycles. The van der Waals surface area contributed by atoms with Crippen molar-refractivity contribution in [1.29, 1.82) is 0 Å². The lowest BCUT2D eigenvalue weighted by atomic mass is 10.1. The van der Waals surface area contributed by atoms with Crippen molar-refractivity contribution in [3.05, 3.63) is 5.69 Å². The van der Waals surface area contributed by atoms with Gasteiger partial charge in [-0.25, -0.2) is 0 Å². The van der Waals surface area contributed by atoms with E-state index in [0.29, 0.717) is 24.3 Å². The molecule has 0 aromatic carbocycles. The summed E-state index contributed by atoms with van der Waals surface area (Å²) < 4.78 is 1.64. The summed E-state index contributed by atoms with van der Waals surface area (Å²) in [5, 5.41) is 6.68. The van der Waals surface area contributed by atoms with Gasteiger partial charge in [0.15, 0.2) is 5.82 Å². The van der Waals surface area contributed by atoms with Gasteiger partial charge in [0.1, 0.15) is 6.04 Å². The van der Waals surface area contributed by atoms with E-state index in [0.717, 1.165) is 5.69 Å². The summed E-state index contributed by atoms with van der Waals surface area (Å²) >= 11 is 0. The van der Waals surface area contributed by atoms with Crippen molar-refractivity contribution in [2.75, 3.05) is 17.2 Å². The first-order valence-corrected chi connectivity index (χ1v) is 6.41. The lowest BCUT2D eigenvalue weighted by molar-refractivity contribution is -0.132. The number of carbonyl (C=O) groups is 2. The molecular formula is C12H19N5O2. The van der Waals surface area contributed by atoms with Crippen LogP contribution in [-0.2, 0) is 23.1 Å². The molecule has 2 heterocycles. The second-order valence-corrected chi connectivity index (χ2v) is 4.63. The molecule has 0 saturated carbocycles. The van der Waals surface area contributed by atoms with E-state index in [9.17, 15) is 9.59 Å². The predicted octanol–water partition coefficient (Wildman–Crippen LogP) is -0.194. The number of nitrogens with zero attached hydrogens (tertiary/aromatic N) is 3. The second-order valence-electron chi connectivity index (χ2n) is 4.63. The fourth-order valence-corrected chi connectivity index (χ4v) is 2.48. The monoisotopic (exact) mass is 265 g/mol. The smallest absolute Gasteiger partial charge is 0.249 e. The Bertz CT molecular complexity index is 522. The van der Waals surface area contributed by atoms with E-state index in [4.69, 9.17) is 5.73 Å². The first-order valence-electron chi connectivity index (χ1n) is 6.41. The summed E-state index contributed by atoms with van der Waals surface area (Å²) in [6.45, 7) is 3.99. The Labute approximate surface area is 111 Å². The van der Waals surface area contributed by atoms with Crippen LogP contribution in [0.25, 0.3) is 0 Å². The van der Waals surface area contributed by atoms with Crippen LogP contribution in [0.4, 0.5) is 11.5 Å². The van der Waals surface area contributed by atoms with Gasteiger partial charge in [-0.2, -0.15) is 5.10 Å². The Morgan fingerprint density at radius 3 is 2.63 bits per heavy atom. The van der Waals surface area contributed by atoms with Crippen molar-refractivity contribution in [2.45, 2.75) is 32.7 Å². The van der Waals surface area contributed by atoms with E-state index in [-0.39, 0.29) is 24.4 Å². The number of rotatable bonds is 3. The minimum atomic E-state index is -0.389. The number of imide groups is 1. The third-order valence-electron chi connectivity index (χ3n) is 3.38. The fourth-order valence-electron chi connectivity index (χ4n) is 2.48. The molecule has 1 aliphatic rings. The molecule has 1 saturated heterocycles. The average Bonchev–Trinajstić information content (AvgIpc) is 2.63. The normalized spacial score (nSPS) is 19.7. The number of nitrogen functional groups attached to an aromatic ring is 1. The minimum absolute atomic E-state index is 0.122. The lowest BCUT2D eigenvalue weighted by Gasteiger charge is -2.35. The van der Waals surface area contributed by atoms with Gasteiger partial charge in [0, 0.05) is 7.05 Å². The number of piperazine rings is 1. The van der Waals surface area contributed by atoms with Crippen LogP contribution >= 0.6 is 0 Å². The standard InChI is InChI=1S/C12H19N5O2/c1-4-7-10(13)12(16(3)15-7)17-6-9(18)14-11(19)8(17)5-2/h8H,4-6,13H2,1-3H3,(H,14,18,19). The minimum Gasteiger partial charge on any atom is -0.394 e. The number of aromatic nitrogens is 2. The Balaban J connectivity index is 2.46. The van der Waals surface area contributed by atoms with Crippen LogP contribution in [0.3, 0.4) is 0 Å². The average molecular weight is 265 g/mol. The summed E-state index contributed by atoms with van der Waals surface area (Å²) in [6.07, 6.45) is 1.32. The maximum absolute atomic E-state index is 11.9. The predicted molar refractivity (Wildman–Crippen MR) is 71.6 cm³/mol. The Morgan fingerprint density at radius 1 is 1.42 bits per heavy atom. The van der Waals surface area contributed by atoms with Gasteiger partial charge < -0.3 is 10.6 Å². The Kier molecular flexibility index (Phi) is 3.46. The number of anilines is 2. The summed E-state index contributed by atoms with van der Waals surface area (Å²) in [4.78, 5) is 25.2. The molecule has 0 radical (unpaired) electrons. The van der Waals surface area contributed by atoms with E-state index in [1.165, 1.54) is 0 Å². The zero-order valence-electron chi connectivity index (χ0n) is 11.4. The van der Waals surface area contributed by atoms with E-state index >= 15 is 0 Å². The molecule has 7 heteroatoms. The summed E-state index contributed by atoms with van der Waals surface area (Å²) in [5.74, 6) is 0.0534. The highest BCUT2D eigenvalue weighted by molar-refractivity contribution is 6.05. The molecule has 0 aliphatic carbocycles. The third kappa shape index (κ3) is 2.16. The molecule has 1 atom stereocenters. The molecule has 104 valence electrons. The summed E-state index contributed by atoms with van der Waals surface area (Å²) in [7, 11) is 1.77.